The van der Waals surface area contributed by atoms with E-state index in [0.717, 1.165) is 0 Å². The van der Waals surface area contributed by atoms with E-state index < -0.39 is 0 Å². The number of rotatable bonds is 6. The third-order valence-electron chi connectivity index (χ3n) is 3.12. The maximum Gasteiger partial charge on any atom is 0.322 e. The lowest BCUT2D eigenvalue weighted by Crippen LogP contribution is -2.15. The van der Waals surface area contributed by atoms with E-state index in [1.54, 1.807) is 18.2 Å². The summed E-state index contributed by atoms with van der Waals surface area (Å²) < 4.78 is 10.9. The number of ether oxygens (including phenoxy) is 1. The van der Waals surface area contributed by atoms with Crippen molar-refractivity contribution in [3.63, 3.8) is 0 Å². The number of anilines is 1. The summed E-state index contributed by atoms with van der Waals surface area (Å²) in [6.45, 7) is 0.237. The highest BCUT2D eigenvalue weighted by Gasteiger charge is 2.12. The van der Waals surface area contributed by atoms with Crippen LogP contribution in [0.5, 0.6) is 5.75 Å². The van der Waals surface area contributed by atoms with Gasteiger partial charge in [0.1, 0.15) is 5.75 Å². The lowest BCUT2D eigenvalue weighted by molar-refractivity contribution is -0.116. The Morgan fingerprint density at radius 2 is 1.80 bits per heavy atom. The van der Waals surface area contributed by atoms with Gasteiger partial charge in [-0.2, -0.15) is 0 Å². The summed E-state index contributed by atoms with van der Waals surface area (Å²) in [4.78, 5) is 11.9. The van der Waals surface area contributed by atoms with Crippen LogP contribution in [-0.4, -0.2) is 22.7 Å². The van der Waals surface area contributed by atoms with Gasteiger partial charge in [0.2, 0.25) is 11.8 Å². The van der Waals surface area contributed by atoms with Crippen molar-refractivity contribution in [1.82, 2.24) is 10.2 Å². The molecule has 25 heavy (non-hydrogen) atoms. The topological polar surface area (TPSA) is 77.2 Å². The Kier molecular flexibility index (Phi) is 5.53. The van der Waals surface area contributed by atoms with Crippen molar-refractivity contribution in [1.29, 1.82) is 0 Å². The third kappa shape index (κ3) is 4.95. The van der Waals surface area contributed by atoms with E-state index >= 15 is 0 Å². The summed E-state index contributed by atoms with van der Waals surface area (Å²) in [5.74, 6) is 0.615. The van der Waals surface area contributed by atoms with Crippen LogP contribution < -0.4 is 10.1 Å². The molecule has 0 aliphatic heterocycles. The molecule has 0 atom stereocenters. The van der Waals surface area contributed by atoms with Gasteiger partial charge in [-0.05, 0) is 30.3 Å². The molecule has 0 saturated carbocycles. The van der Waals surface area contributed by atoms with E-state index in [4.69, 9.17) is 32.4 Å². The first-order chi connectivity index (χ1) is 12.1. The zero-order chi connectivity index (χ0) is 17.6. The first kappa shape index (κ1) is 17.3. The summed E-state index contributed by atoms with van der Waals surface area (Å²) in [5.41, 5.74) is 0.568. The van der Waals surface area contributed by atoms with E-state index in [0.29, 0.717) is 21.4 Å². The van der Waals surface area contributed by atoms with Crippen LogP contribution in [0.2, 0.25) is 10.0 Å². The fourth-order valence-electron chi connectivity index (χ4n) is 2.03. The number of nitrogens with one attached hydrogen (secondary N) is 1. The van der Waals surface area contributed by atoms with Gasteiger partial charge in [-0.3, -0.25) is 10.1 Å². The molecule has 0 aliphatic carbocycles. The summed E-state index contributed by atoms with van der Waals surface area (Å²) in [7, 11) is 0. The number of hydrogen-bond acceptors (Lipinski definition) is 5. The van der Waals surface area contributed by atoms with Crippen LogP contribution in [0.25, 0.3) is 11.5 Å². The van der Waals surface area contributed by atoms with Gasteiger partial charge in [0.15, 0.2) is 0 Å². The highest BCUT2D eigenvalue weighted by Crippen LogP contribution is 2.27. The molecule has 3 aromatic rings. The average molecular weight is 378 g/mol. The summed E-state index contributed by atoms with van der Waals surface area (Å²) in [6, 6.07) is 14.1. The van der Waals surface area contributed by atoms with Gasteiger partial charge in [-0.15, -0.1) is 5.10 Å². The molecule has 1 heterocycles. The van der Waals surface area contributed by atoms with Crippen LogP contribution in [0.1, 0.15) is 6.42 Å². The van der Waals surface area contributed by atoms with Crippen molar-refractivity contribution in [2.45, 2.75) is 6.42 Å². The lowest BCUT2D eigenvalue weighted by atomic mass is 10.2. The largest absolute Gasteiger partial charge is 0.493 e. The molecule has 0 aliphatic rings. The van der Waals surface area contributed by atoms with Gasteiger partial charge in [0.25, 0.3) is 0 Å². The number of carbonyl (C=O) groups is 1. The Bertz CT molecular complexity index is 848. The zero-order valence-electron chi connectivity index (χ0n) is 12.9. The molecule has 0 radical (unpaired) electrons. The fraction of sp³-hybridized carbons (Fsp3) is 0.118. The first-order valence-corrected chi connectivity index (χ1v) is 8.13. The minimum Gasteiger partial charge on any atom is -0.493 e. The number of carbonyl (C=O) groups excluding carboxylic acids is 1. The highest BCUT2D eigenvalue weighted by molar-refractivity contribution is 6.35. The number of benzene rings is 2. The molecule has 0 bridgehead atoms. The molecule has 1 aromatic heterocycles. The zero-order valence-corrected chi connectivity index (χ0v) is 14.4. The molecule has 0 fully saturated rings. The van der Waals surface area contributed by atoms with Gasteiger partial charge in [-0.25, -0.2) is 0 Å². The highest BCUT2D eigenvalue weighted by atomic mass is 35.5. The van der Waals surface area contributed by atoms with Crippen molar-refractivity contribution in [2.24, 2.45) is 0 Å². The molecule has 1 amide bonds. The third-order valence-corrected chi connectivity index (χ3v) is 3.56. The average Bonchev–Trinajstić information content (AvgIpc) is 3.03. The van der Waals surface area contributed by atoms with E-state index in [2.05, 4.69) is 15.5 Å². The van der Waals surface area contributed by atoms with E-state index in [9.17, 15) is 4.79 Å². The predicted octanol–water partition coefficient (Wildman–Crippen LogP) is 4.45. The van der Waals surface area contributed by atoms with E-state index in [-0.39, 0.29) is 30.8 Å². The molecule has 8 heteroatoms. The summed E-state index contributed by atoms with van der Waals surface area (Å²) >= 11 is 11.9. The maximum absolute atomic E-state index is 11.9. The second-order valence-electron chi connectivity index (χ2n) is 5.03. The molecule has 6 nitrogen and oxygen atoms in total. The molecular formula is C17H13Cl2N3O3. The standard InChI is InChI=1S/C17H13Cl2N3O3/c18-12-8-11(9-13(19)10-12)16-21-22-17(25-16)20-15(23)6-7-24-14-4-2-1-3-5-14/h1-5,8-10H,6-7H2,(H,20,22,23). The van der Waals surface area contributed by atoms with Gasteiger partial charge < -0.3 is 9.15 Å². The smallest absolute Gasteiger partial charge is 0.322 e. The summed E-state index contributed by atoms with van der Waals surface area (Å²) in [5, 5.41) is 11.1. The molecule has 0 unspecified atom stereocenters. The van der Waals surface area contributed by atoms with Crippen LogP contribution in [0.15, 0.2) is 52.9 Å². The monoisotopic (exact) mass is 377 g/mol. The van der Waals surface area contributed by atoms with Crippen molar-refractivity contribution < 1.29 is 13.9 Å². The van der Waals surface area contributed by atoms with Crippen molar-refractivity contribution in [3.8, 4) is 17.2 Å². The van der Waals surface area contributed by atoms with Crippen LogP contribution in [0.3, 0.4) is 0 Å². The quantitative estimate of drug-likeness (QED) is 0.686. The Morgan fingerprint density at radius 1 is 1.08 bits per heavy atom. The predicted molar refractivity (Wildman–Crippen MR) is 94.9 cm³/mol. The Hall–Kier alpha value is -2.57. The molecule has 1 N–H and O–H groups in total. The number of hydrogen-bond donors (Lipinski definition) is 1. The van der Waals surface area contributed by atoms with Crippen LogP contribution in [-0.2, 0) is 4.79 Å². The summed E-state index contributed by atoms with van der Waals surface area (Å²) in [6.07, 6.45) is 0.148. The fourth-order valence-corrected chi connectivity index (χ4v) is 2.55. The molecule has 3 rings (SSSR count). The lowest BCUT2D eigenvalue weighted by Gasteiger charge is -2.04. The van der Waals surface area contributed by atoms with Crippen molar-refractivity contribution in [3.05, 3.63) is 58.6 Å². The van der Waals surface area contributed by atoms with E-state index in [1.165, 1.54) is 0 Å². The second-order valence-corrected chi connectivity index (χ2v) is 5.90. The molecular weight excluding hydrogens is 365 g/mol. The minimum atomic E-state index is -0.296. The first-order valence-electron chi connectivity index (χ1n) is 7.38. The van der Waals surface area contributed by atoms with Gasteiger partial charge in [0.05, 0.1) is 13.0 Å². The van der Waals surface area contributed by atoms with Crippen LogP contribution >= 0.6 is 23.2 Å². The SMILES string of the molecule is O=C(CCOc1ccccc1)Nc1nnc(-c2cc(Cl)cc(Cl)c2)o1. The Morgan fingerprint density at radius 3 is 2.52 bits per heavy atom. The second kappa shape index (κ2) is 8.00. The normalized spacial score (nSPS) is 10.5. The van der Waals surface area contributed by atoms with Gasteiger partial charge in [0, 0.05) is 15.6 Å². The number of nitrogens with zero attached hydrogens (tertiary/aromatic N) is 2. The Balaban J connectivity index is 1.55. The van der Waals surface area contributed by atoms with Crippen molar-refractivity contribution in [2.75, 3.05) is 11.9 Å². The molecule has 0 saturated heterocycles. The Labute approximate surface area is 153 Å². The maximum atomic E-state index is 11.9. The van der Waals surface area contributed by atoms with E-state index in [1.807, 2.05) is 30.3 Å². The number of aromatic nitrogens is 2. The molecule has 2 aromatic carbocycles. The number of halogens is 2. The molecule has 0 spiro atoms. The van der Waals surface area contributed by atoms with Crippen LogP contribution in [0.4, 0.5) is 6.01 Å². The molecule has 128 valence electrons. The minimum absolute atomic E-state index is 0.00388. The van der Waals surface area contributed by atoms with Gasteiger partial charge in [-0.1, -0.05) is 46.5 Å². The van der Waals surface area contributed by atoms with Gasteiger partial charge >= 0.3 is 6.01 Å². The van der Waals surface area contributed by atoms with Crippen molar-refractivity contribution >= 4 is 35.1 Å². The number of amides is 1. The number of para-hydroxylation sites is 1. The van der Waals surface area contributed by atoms with Crippen LogP contribution in [0, 0.1) is 0 Å².